The van der Waals surface area contributed by atoms with E-state index >= 15 is 0 Å². The van der Waals surface area contributed by atoms with Crippen LogP contribution in [0, 0.1) is 0 Å². The third-order valence-corrected chi connectivity index (χ3v) is 6.83. The molecule has 2 aliphatic heterocycles. The molecular weight excluding hydrogens is 356 g/mol. The maximum absolute atomic E-state index is 4.49. The van der Waals surface area contributed by atoms with Gasteiger partial charge in [-0.1, -0.05) is 36.4 Å². The van der Waals surface area contributed by atoms with Crippen LogP contribution in [0.5, 0.6) is 0 Å². The van der Waals surface area contributed by atoms with Crippen molar-refractivity contribution in [2.45, 2.75) is 50.7 Å². The van der Waals surface area contributed by atoms with Gasteiger partial charge in [0.2, 0.25) is 0 Å². The molecule has 2 aromatic rings. The molecule has 4 rings (SSSR count). The standard InChI is InChI=1S/C25H36N4/c1-27(17-12-22-8-3-2-4-9-22)25-11-7-16-29(21-25)24-13-18-28(19-14-24)20-23-10-5-6-15-26-23/h2-6,8-10,15,24-25H,7,11-14,16-21H2,1H3/t25-/m0/s1. The highest BCUT2D eigenvalue weighted by molar-refractivity contribution is 5.14. The number of pyridine rings is 1. The fourth-order valence-electron chi connectivity index (χ4n) is 4.97. The van der Waals surface area contributed by atoms with Crippen molar-refractivity contribution in [1.82, 2.24) is 19.7 Å². The monoisotopic (exact) mass is 392 g/mol. The Labute approximate surface area is 176 Å². The van der Waals surface area contributed by atoms with E-state index in [2.05, 4.69) is 69.2 Å². The van der Waals surface area contributed by atoms with Crippen molar-refractivity contribution >= 4 is 0 Å². The molecule has 1 atom stereocenters. The first-order valence-electron chi connectivity index (χ1n) is 11.4. The van der Waals surface area contributed by atoms with Gasteiger partial charge in [-0.2, -0.15) is 0 Å². The molecule has 2 aliphatic rings. The zero-order valence-corrected chi connectivity index (χ0v) is 17.9. The topological polar surface area (TPSA) is 22.6 Å². The van der Waals surface area contributed by atoms with Gasteiger partial charge < -0.3 is 4.90 Å². The number of likely N-dealkylation sites (tertiary alicyclic amines) is 2. The Hall–Kier alpha value is -1.75. The van der Waals surface area contributed by atoms with Gasteiger partial charge in [0.1, 0.15) is 0 Å². The number of hydrogen-bond donors (Lipinski definition) is 0. The molecule has 1 aromatic carbocycles. The zero-order valence-electron chi connectivity index (χ0n) is 17.9. The molecule has 0 bridgehead atoms. The van der Waals surface area contributed by atoms with Crippen LogP contribution in [0.25, 0.3) is 0 Å². The van der Waals surface area contributed by atoms with Gasteiger partial charge in [-0.15, -0.1) is 0 Å². The maximum atomic E-state index is 4.49. The predicted octanol–water partition coefficient (Wildman–Crippen LogP) is 3.68. The number of nitrogens with zero attached hydrogens (tertiary/aromatic N) is 4. The van der Waals surface area contributed by atoms with Crippen molar-refractivity contribution in [3.63, 3.8) is 0 Å². The van der Waals surface area contributed by atoms with Gasteiger partial charge in [-0.25, -0.2) is 0 Å². The van der Waals surface area contributed by atoms with Crippen LogP contribution in [0.2, 0.25) is 0 Å². The van der Waals surface area contributed by atoms with Crippen molar-refractivity contribution in [3.05, 3.63) is 66.0 Å². The maximum Gasteiger partial charge on any atom is 0.0543 e. The fraction of sp³-hybridized carbons (Fsp3) is 0.560. The second-order valence-corrected chi connectivity index (χ2v) is 8.84. The quantitative estimate of drug-likeness (QED) is 0.717. The van der Waals surface area contributed by atoms with Gasteiger partial charge in [0.15, 0.2) is 0 Å². The van der Waals surface area contributed by atoms with Gasteiger partial charge in [-0.3, -0.25) is 14.8 Å². The Kier molecular flexibility index (Phi) is 7.31. The normalized spacial score (nSPS) is 22.2. The molecule has 4 nitrogen and oxygen atoms in total. The summed E-state index contributed by atoms with van der Waals surface area (Å²) in [4.78, 5) is 12.5. The van der Waals surface area contributed by atoms with E-state index in [9.17, 15) is 0 Å². The third kappa shape index (κ3) is 5.88. The third-order valence-electron chi connectivity index (χ3n) is 6.83. The van der Waals surface area contributed by atoms with Crippen LogP contribution in [-0.2, 0) is 13.0 Å². The Morgan fingerprint density at radius 2 is 1.76 bits per heavy atom. The molecule has 29 heavy (non-hydrogen) atoms. The molecular formula is C25H36N4. The number of rotatable bonds is 7. The smallest absolute Gasteiger partial charge is 0.0543 e. The van der Waals surface area contributed by atoms with Crippen LogP contribution in [0.1, 0.15) is 36.9 Å². The minimum Gasteiger partial charge on any atom is -0.302 e. The van der Waals surface area contributed by atoms with E-state index in [1.54, 1.807) is 0 Å². The molecule has 0 amide bonds. The second-order valence-electron chi connectivity index (χ2n) is 8.84. The lowest BCUT2D eigenvalue weighted by Gasteiger charge is -2.44. The van der Waals surface area contributed by atoms with Crippen molar-refractivity contribution in [3.8, 4) is 0 Å². The minimum absolute atomic E-state index is 0.707. The lowest BCUT2D eigenvalue weighted by molar-refractivity contribution is 0.0505. The molecule has 0 N–H and O–H groups in total. The van der Waals surface area contributed by atoms with Gasteiger partial charge in [0, 0.05) is 51.0 Å². The summed E-state index contributed by atoms with van der Waals surface area (Å²) < 4.78 is 0. The first-order chi connectivity index (χ1) is 14.3. The van der Waals surface area contributed by atoms with Crippen LogP contribution in [0.3, 0.4) is 0 Å². The predicted molar refractivity (Wildman–Crippen MR) is 120 cm³/mol. The number of benzene rings is 1. The summed E-state index contributed by atoms with van der Waals surface area (Å²) in [6.07, 6.45) is 8.35. The van der Waals surface area contributed by atoms with Crippen LogP contribution < -0.4 is 0 Å². The second kappa shape index (κ2) is 10.3. The van der Waals surface area contributed by atoms with Crippen molar-refractivity contribution < 1.29 is 0 Å². The highest BCUT2D eigenvalue weighted by Gasteiger charge is 2.30. The SMILES string of the molecule is CN(CCc1ccccc1)[C@H]1CCCN(C2CCN(Cc3ccccn3)CC2)C1. The molecule has 0 saturated carbocycles. The number of aromatic nitrogens is 1. The van der Waals surface area contributed by atoms with E-state index in [-0.39, 0.29) is 0 Å². The van der Waals surface area contributed by atoms with E-state index < -0.39 is 0 Å². The molecule has 2 fully saturated rings. The van der Waals surface area contributed by atoms with Crippen LogP contribution >= 0.6 is 0 Å². The van der Waals surface area contributed by atoms with E-state index in [1.165, 1.54) is 63.1 Å². The van der Waals surface area contributed by atoms with Gasteiger partial charge in [-0.05, 0) is 63.4 Å². The average molecular weight is 393 g/mol. The van der Waals surface area contributed by atoms with Gasteiger partial charge in [0.05, 0.1) is 5.69 Å². The number of hydrogen-bond acceptors (Lipinski definition) is 4. The first kappa shape index (κ1) is 20.5. The first-order valence-corrected chi connectivity index (χ1v) is 11.4. The lowest BCUT2D eigenvalue weighted by atomic mass is 9.97. The summed E-state index contributed by atoms with van der Waals surface area (Å²) >= 11 is 0. The van der Waals surface area contributed by atoms with Crippen LogP contribution in [0.4, 0.5) is 0 Å². The lowest BCUT2D eigenvalue weighted by Crippen LogP contribution is -2.53. The summed E-state index contributed by atoms with van der Waals surface area (Å²) in [5.41, 5.74) is 2.65. The fourth-order valence-corrected chi connectivity index (χ4v) is 4.97. The van der Waals surface area contributed by atoms with Crippen LogP contribution in [0.15, 0.2) is 54.7 Å². The number of likely N-dealkylation sites (N-methyl/N-ethyl adjacent to an activating group) is 1. The van der Waals surface area contributed by atoms with E-state index in [1.807, 2.05) is 12.3 Å². The van der Waals surface area contributed by atoms with E-state index in [0.717, 1.165) is 25.6 Å². The Bertz CT molecular complexity index is 712. The molecule has 0 spiro atoms. The van der Waals surface area contributed by atoms with E-state index in [4.69, 9.17) is 0 Å². The summed E-state index contributed by atoms with van der Waals surface area (Å²) in [6, 6.07) is 18.6. The Morgan fingerprint density at radius 1 is 0.966 bits per heavy atom. The largest absolute Gasteiger partial charge is 0.302 e. The zero-order chi connectivity index (χ0) is 19.9. The molecule has 2 saturated heterocycles. The van der Waals surface area contributed by atoms with Crippen molar-refractivity contribution in [2.75, 3.05) is 39.8 Å². The summed E-state index contributed by atoms with van der Waals surface area (Å²) in [5.74, 6) is 0. The molecule has 3 heterocycles. The Morgan fingerprint density at radius 3 is 2.52 bits per heavy atom. The van der Waals surface area contributed by atoms with Gasteiger partial charge in [0.25, 0.3) is 0 Å². The average Bonchev–Trinajstić information content (AvgIpc) is 2.79. The summed E-state index contributed by atoms with van der Waals surface area (Å²) in [6.45, 7) is 7.09. The molecule has 0 unspecified atom stereocenters. The van der Waals surface area contributed by atoms with Crippen LogP contribution in [-0.4, -0.2) is 71.5 Å². The summed E-state index contributed by atoms with van der Waals surface area (Å²) in [5, 5.41) is 0. The van der Waals surface area contributed by atoms with Gasteiger partial charge >= 0.3 is 0 Å². The summed E-state index contributed by atoms with van der Waals surface area (Å²) in [7, 11) is 2.33. The molecule has 1 aromatic heterocycles. The van der Waals surface area contributed by atoms with Crippen molar-refractivity contribution in [2.24, 2.45) is 0 Å². The highest BCUT2D eigenvalue weighted by Crippen LogP contribution is 2.23. The van der Waals surface area contributed by atoms with E-state index in [0.29, 0.717) is 6.04 Å². The molecule has 0 aliphatic carbocycles. The highest BCUT2D eigenvalue weighted by atomic mass is 15.2. The molecule has 4 heteroatoms. The number of piperidine rings is 2. The van der Waals surface area contributed by atoms with Crippen molar-refractivity contribution in [1.29, 1.82) is 0 Å². The molecule has 0 radical (unpaired) electrons. The minimum atomic E-state index is 0.707. The molecule has 156 valence electrons. The Balaban J connectivity index is 1.22.